The van der Waals surface area contributed by atoms with Crippen LogP contribution in [0.25, 0.3) is 11.0 Å². The average molecular weight is 1060 g/mol. The number of furan rings is 1. The number of ether oxygens (including phenoxy) is 1. The molecule has 0 N–H and O–H groups in total. The normalized spacial score (nSPS) is 13.0. The highest BCUT2D eigenvalue weighted by Gasteiger charge is 2.49. The van der Waals surface area contributed by atoms with E-state index in [1.165, 1.54) is 16.4 Å². The lowest BCUT2D eigenvalue weighted by molar-refractivity contribution is 0.488. The number of rotatable bonds is 9. The monoisotopic (exact) mass is 1060 g/mol. The summed E-state index contributed by atoms with van der Waals surface area (Å²) in [6.45, 7) is -0.451. The van der Waals surface area contributed by atoms with Crippen molar-refractivity contribution in [1.82, 2.24) is 0 Å². The third-order valence-electron chi connectivity index (χ3n) is 17.0. The number of benzene rings is 12. The molecule has 388 valence electrons. The van der Waals surface area contributed by atoms with E-state index in [4.69, 9.17) is 9.15 Å². The van der Waals surface area contributed by atoms with E-state index >= 15 is 0 Å². The fourth-order valence-corrected chi connectivity index (χ4v) is 13.6. The van der Waals surface area contributed by atoms with Gasteiger partial charge in [-0.1, -0.05) is 170 Å². The molecule has 83 heavy (non-hydrogen) atoms. The van der Waals surface area contributed by atoms with Crippen LogP contribution < -0.4 is 62.0 Å². The highest BCUT2D eigenvalue weighted by molar-refractivity contribution is 7.03. The molecule has 0 fully saturated rings. The van der Waals surface area contributed by atoms with Crippen LogP contribution in [0.4, 0.5) is 85.5 Å². The Labute approximate surface area is 482 Å². The van der Waals surface area contributed by atoms with Crippen LogP contribution in [0, 0.1) is 0 Å². The molecule has 5 heterocycles. The van der Waals surface area contributed by atoms with Crippen molar-refractivity contribution >= 4 is 143 Å². The van der Waals surface area contributed by atoms with Crippen molar-refractivity contribution in [3.05, 3.63) is 297 Å². The van der Waals surface area contributed by atoms with Gasteiger partial charge in [-0.25, -0.2) is 0 Å². The zero-order valence-corrected chi connectivity index (χ0v) is 45.0. The Bertz CT molecular complexity index is 4550. The Morgan fingerprint density at radius 2 is 0.711 bits per heavy atom. The standard InChI is InChI=1S/C74H49B2N5O2/c1-8-26-50(27-9-1)77(51-28-10-2-11-29-51)57-44-65-72-66(45-57)80(55-36-18-6-19-37-55)64-49-69-62(48-61(64)75(72)60-41-23-24-42-63(60)79(65)54-34-16-5-17-35-54)76-71-59-40-22-25-43-68(59)83-74(71)81(56-38-20-7-21-39-56)67-46-58(47-70(82-69)73(67)76)78(52-30-12-3-13-31-52)53-32-14-4-15-33-53/h1-49H. The van der Waals surface area contributed by atoms with Gasteiger partial charge in [-0.2, -0.15) is 0 Å². The summed E-state index contributed by atoms with van der Waals surface area (Å²) in [4.78, 5) is 12.0. The zero-order chi connectivity index (χ0) is 54.5. The number of nitrogens with zero attached hydrogens (tertiary/aromatic N) is 5. The summed E-state index contributed by atoms with van der Waals surface area (Å²) in [6.07, 6.45) is 0. The SMILES string of the molecule is c1ccc(N(c2ccccc2)c2cc3c4c(c2)N(c2ccccc2)c2oc5ccccc5c2B4c2cc4c(cc2O3)N(c2ccccc2)c2cc(N(c3ccccc3)c3ccccc3)cc3c2B4c2ccccc2N3c2ccccc2)cc1. The van der Waals surface area contributed by atoms with Crippen molar-refractivity contribution in [1.29, 1.82) is 0 Å². The van der Waals surface area contributed by atoms with Crippen LogP contribution in [-0.4, -0.2) is 13.4 Å². The second-order valence-electron chi connectivity index (χ2n) is 21.6. The largest absolute Gasteiger partial charge is 0.458 e. The molecular formula is C74H49B2N5O2. The summed E-state index contributed by atoms with van der Waals surface area (Å²) in [6, 6.07) is 107. The highest BCUT2D eigenvalue weighted by atomic mass is 16.5. The number of fused-ring (bicyclic) bond motifs is 10. The molecule has 13 aromatic rings. The second-order valence-corrected chi connectivity index (χ2v) is 21.6. The summed E-state index contributed by atoms with van der Waals surface area (Å²) in [5.74, 6) is 2.38. The van der Waals surface area contributed by atoms with E-state index in [1.54, 1.807) is 0 Å². The molecule has 0 bridgehead atoms. The van der Waals surface area contributed by atoms with Gasteiger partial charge < -0.3 is 28.8 Å². The first-order chi connectivity index (χ1) is 41.2. The molecule has 0 atom stereocenters. The van der Waals surface area contributed by atoms with Crippen LogP contribution in [0.3, 0.4) is 0 Å². The Balaban J connectivity index is 0.966. The van der Waals surface area contributed by atoms with Crippen molar-refractivity contribution in [2.45, 2.75) is 0 Å². The van der Waals surface area contributed by atoms with Crippen molar-refractivity contribution < 1.29 is 9.15 Å². The van der Waals surface area contributed by atoms with Crippen LogP contribution >= 0.6 is 0 Å². The first-order valence-electron chi connectivity index (χ1n) is 28.4. The van der Waals surface area contributed by atoms with Crippen molar-refractivity contribution in [3.8, 4) is 11.5 Å². The third kappa shape index (κ3) is 7.34. The number of hydrogen-bond acceptors (Lipinski definition) is 7. The minimum Gasteiger partial charge on any atom is -0.458 e. The van der Waals surface area contributed by atoms with Crippen LogP contribution in [0.2, 0.25) is 0 Å². The molecule has 7 nitrogen and oxygen atoms in total. The first-order valence-corrected chi connectivity index (χ1v) is 28.4. The van der Waals surface area contributed by atoms with Gasteiger partial charge in [-0.15, -0.1) is 0 Å². The van der Waals surface area contributed by atoms with E-state index in [0.29, 0.717) is 0 Å². The molecule has 12 aromatic carbocycles. The topological polar surface area (TPSA) is 38.6 Å². The van der Waals surface area contributed by atoms with E-state index in [0.717, 1.165) is 124 Å². The highest BCUT2D eigenvalue weighted by Crippen LogP contribution is 2.51. The van der Waals surface area contributed by atoms with Crippen molar-refractivity contribution in [2.75, 3.05) is 24.5 Å². The summed E-state index contributed by atoms with van der Waals surface area (Å²) < 4.78 is 15.0. The van der Waals surface area contributed by atoms with Gasteiger partial charge >= 0.3 is 0 Å². The fourth-order valence-electron chi connectivity index (χ4n) is 13.6. The second kappa shape index (κ2) is 18.9. The summed E-state index contributed by atoms with van der Waals surface area (Å²) in [5.41, 5.74) is 22.5. The lowest BCUT2D eigenvalue weighted by Crippen LogP contribution is -2.64. The third-order valence-corrected chi connectivity index (χ3v) is 17.0. The molecule has 0 amide bonds. The molecule has 4 aliphatic heterocycles. The van der Waals surface area contributed by atoms with Gasteiger partial charge in [0.15, 0.2) is 0 Å². The molecule has 17 rings (SSSR count). The van der Waals surface area contributed by atoms with Crippen molar-refractivity contribution in [3.63, 3.8) is 0 Å². The molecule has 0 saturated heterocycles. The molecule has 4 aliphatic rings. The summed E-state index contributed by atoms with van der Waals surface area (Å²) >= 11 is 0. The smallest absolute Gasteiger partial charge is 0.261 e. The maximum atomic E-state index is 7.71. The lowest BCUT2D eigenvalue weighted by atomic mass is 9.30. The summed E-state index contributed by atoms with van der Waals surface area (Å²) in [5, 5.41) is 1.07. The molecule has 0 unspecified atom stereocenters. The van der Waals surface area contributed by atoms with Gasteiger partial charge in [0.1, 0.15) is 17.1 Å². The quantitative estimate of drug-likeness (QED) is 0.133. The molecule has 9 heteroatoms. The molecular weight excluding hydrogens is 1010 g/mol. The van der Waals surface area contributed by atoms with Crippen LogP contribution in [0.1, 0.15) is 0 Å². The Kier molecular flexibility index (Phi) is 10.7. The van der Waals surface area contributed by atoms with Gasteiger partial charge in [-0.05, 0) is 143 Å². The van der Waals surface area contributed by atoms with Crippen LogP contribution in [0.15, 0.2) is 302 Å². The Hall–Kier alpha value is -10.9. The average Bonchev–Trinajstić information content (AvgIpc) is 1.98. The number of anilines is 15. The van der Waals surface area contributed by atoms with Gasteiger partial charge in [0.2, 0.25) is 5.88 Å². The first kappa shape index (κ1) is 47.0. The van der Waals surface area contributed by atoms with E-state index in [9.17, 15) is 0 Å². The van der Waals surface area contributed by atoms with E-state index in [1.807, 2.05) is 0 Å². The van der Waals surface area contributed by atoms with Gasteiger partial charge in [0.25, 0.3) is 13.4 Å². The van der Waals surface area contributed by atoms with Crippen molar-refractivity contribution in [2.24, 2.45) is 0 Å². The summed E-state index contributed by atoms with van der Waals surface area (Å²) in [7, 11) is 0. The number of hydrogen-bond donors (Lipinski definition) is 0. The minimum atomic E-state index is -0.276. The van der Waals surface area contributed by atoms with E-state index < -0.39 is 0 Å². The fraction of sp³-hybridized carbons (Fsp3) is 0. The minimum absolute atomic E-state index is 0.175. The van der Waals surface area contributed by atoms with Crippen LogP contribution in [-0.2, 0) is 0 Å². The molecule has 1 aromatic heterocycles. The lowest BCUT2D eigenvalue weighted by Gasteiger charge is -2.45. The molecule has 0 spiro atoms. The molecule has 0 aliphatic carbocycles. The maximum Gasteiger partial charge on any atom is 0.261 e. The molecule has 0 radical (unpaired) electrons. The zero-order valence-electron chi connectivity index (χ0n) is 45.0. The maximum absolute atomic E-state index is 7.71. The molecule has 0 saturated carbocycles. The van der Waals surface area contributed by atoms with E-state index in [2.05, 4.69) is 322 Å². The van der Waals surface area contributed by atoms with Gasteiger partial charge in [0.05, 0.1) is 17.1 Å². The predicted molar refractivity (Wildman–Crippen MR) is 345 cm³/mol. The van der Waals surface area contributed by atoms with Gasteiger partial charge in [0, 0.05) is 85.5 Å². The Morgan fingerprint density at radius 1 is 0.277 bits per heavy atom. The van der Waals surface area contributed by atoms with Crippen LogP contribution in [0.5, 0.6) is 11.5 Å². The number of para-hydroxylation sites is 9. The van der Waals surface area contributed by atoms with Gasteiger partial charge in [-0.3, -0.25) is 4.90 Å². The van der Waals surface area contributed by atoms with E-state index in [-0.39, 0.29) is 13.4 Å². The predicted octanol–water partition coefficient (Wildman–Crippen LogP) is 15.9. The Morgan fingerprint density at radius 3 is 1.25 bits per heavy atom.